The quantitative estimate of drug-likeness (QED) is 0.365. The lowest BCUT2D eigenvalue weighted by Crippen LogP contribution is -2.15. The van der Waals surface area contributed by atoms with Crippen molar-refractivity contribution in [2.45, 2.75) is 0 Å². The second-order valence-corrected chi connectivity index (χ2v) is 5.54. The topological polar surface area (TPSA) is 34.4 Å². The number of pyridine rings is 1. The van der Waals surface area contributed by atoms with Crippen LogP contribution >= 0.6 is 22.9 Å². The highest BCUT2D eigenvalue weighted by molar-refractivity contribution is 7.17. The third-order valence-electron chi connectivity index (χ3n) is 3.19. The Labute approximate surface area is 116 Å². The number of fused-ring (bicyclic) bond motifs is 4. The van der Waals surface area contributed by atoms with Crippen molar-refractivity contribution in [3.8, 4) is 0 Å². The highest BCUT2D eigenvalue weighted by Crippen LogP contribution is 2.28. The average Bonchev–Trinajstić information content (AvgIpc) is 2.88. The number of thiophene rings is 1. The van der Waals surface area contributed by atoms with Gasteiger partial charge in [-0.3, -0.25) is 9.20 Å². The number of nitrogens with zero attached hydrogens (tertiary/aromatic N) is 2. The predicted molar refractivity (Wildman–Crippen MR) is 79.4 cm³/mol. The molecule has 4 aromatic rings. The van der Waals surface area contributed by atoms with Gasteiger partial charge in [-0.1, -0.05) is 29.8 Å². The Balaban J connectivity index is 2.40. The highest BCUT2D eigenvalue weighted by Gasteiger charge is 2.11. The molecule has 0 spiro atoms. The Morgan fingerprint density at radius 3 is 2.95 bits per heavy atom. The maximum absolute atomic E-state index is 12.6. The van der Waals surface area contributed by atoms with Crippen LogP contribution in [0.25, 0.3) is 26.6 Å². The van der Waals surface area contributed by atoms with Crippen LogP contribution in [0.3, 0.4) is 0 Å². The van der Waals surface area contributed by atoms with Gasteiger partial charge in [0.05, 0.1) is 10.2 Å². The number of hydrogen-bond donors (Lipinski definition) is 0. The summed E-state index contributed by atoms with van der Waals surface area (Å²) < 4.78 is 2.46. The molecule has 4 rings (SSSR count). The van der Waals surface area contributed by atoms with E-state index < -0.39 is 0 Å². The van der Waals surface area contributed by atoms with Crippen LogP contribution in [0.15, 0.2) is 46.6 Å². The van der Waals surface area contributed by atoms with Crippen LogP contribution in [0.5, 0.6) is 0 Å². The minimum atomic E-state index is -0.0549. The molecular weight excluding hydrogens is 280 g/mol. The number of benzene rings is 1. The molecule has 0 unspecified atom stereocenters. The Kier molecular flexibility index (Phi) is 2.19. The lowest BCUT2D eigenvalue weighted by molar-refractivity contribution is 1.13. The van der Waals surface area contributed by atoms with Gasteiger partial charge in [-0.25, -0.2) is 4.98 Å². The van der Waals surface area contributed by atoms with Gasteiger partial charge < -0.3 is 0 Å². The van der Waals surface area contributed by atoms with Crippen LogP contribution in [0.1, 0.15) is 0 Å². The normalized spacial score (nSPS) is 11.6. The molecule has 0 saturated carbocycles. The maximum atomic E-state index is 12.6. The lowest BCUT2D eigenvalue weighted by Gasteiger charge is -2.05. The smallest absolute Gasteiger partial charge is 0.264 e. The van der Waals surface area contributed by atoms with Crippen molar-refractivity contribution in [1.82, 2.24) is 9.38 Å². The Morgan fingerprint density at radius 2 is 2.05 bits per heavy atom. The monoisotopic (exact) mass is 286 g/mol. The predicted octanol–water partition coefficient (Wildman–Crippen LogP) is 3.72. The fourth-order valence-electron chi connectivity index (χ4n) is 2.35. The first-order valence-electron chi connectivity index (χ1n) is 5.73. The molecule has 0 saturated heterocycles. The molecule has 3 aromatic heterocycles. The van der Waals surface area contributed by atoms with Gasteiger partial charge in [0.15, 0.2) is 5.15 Å². The van der Waals surface area contributed by atoms with E-state index in [-0.39, 0.29) is 5.56 Å². The van der Waals surface area contributed by atoms with E-state index in [0.29, 0.717) is 16.2 Å². The van der Waals surface area contributed by atoms with E-state index in [1.807, 2.05) is 41.8 Å². The SMILES string of the molecule is O=c1c2ccccc2cc2nc(Cl)c3sccc3n12. The van der Waals surface area contributed by atoms with Crippen molar-refractivity contribution in [2.24, 2.45) is 0 Å². The molecule has 0 aliphatic heterocycles. The van der Waals surface area contributed by atoms with Gasteiger partial charge in [0.25, 0.3) is 5.56 Å². The number of rotatable bonds is 0. The minimum absolute atomic E-state index is 0.0549. The van der Waals surface area contributed by atoms with Gasteiger partial charge in [0.2, 0.25) is 0 Å². The van der Waals surface area contributed by atoms with Crippen LogP contribution in [0.2, 0.25) is 5.15 Å². The fourth-order valence-corrected chi connectivity index (χ4v) is 3.42. The first kappa shape index (κ1) is 11.0. The van der Waals surface area contributed by atoms with Gasteiger partial charge in [0.1, 0.15) is 5.65 Å². The molecular formula is C14H7ClN2OS. The summed E-state index contributed by atoms with van der Waals surface area (Å²) in [6.45, 7) is 0. The van der Waals surface area contributed by atoms with E-state index >= 15 is 0 Å². The van der Waals surface area contributed by atoms with E-state index in [0.717, 1.165) is 15.6 Å². The van der Waals surface area contributed by atoms with Gasteiger partial charge in [0, 0.05) is 5.39 Å². The summed E-state index contributed by atoms with van der Waals surface area (Å²) in [6, 6.07) is 11.3. The zero-order valence-electron chi connectivity index (χ0n) is 9.63. The van der Waals surface area contributed by atoms with Crippen LogP contribution in [0, 0.1) is 0 Å². The first-order chi connectivity index (χ1) is 9.25. The van der Waals surface area contributed by atoms with E-state index in [1.54, 1.807) is 4.40 Å². The standard InChI is InChI=1S/C14H7ClN2OS/c15-13-12-10(5-6-19-12)17-11(16-13)7-8-3-1-2-4-9(8)14(17)18/h1-7H. The zero-order chi connectivity index (χ0) is 13.0. The molecule has 1 aromatic carbocycles. The molecule has 0 bridgehead atoms. The van der Waals surface area contributed by atoms with Crippen LogP contribution < -0.4 is 5.56 Å². The van der Waals surface area contributed by atoms with Crippen LogP contribution in [0.4, 0.5) is 0 Å². The summed E-state index contributed by atoms with van der Waals surface area (Å²) in [5.41, 5.74) is 1.34. The van der Waals surface area contributed by atoms with Crippen molar-refractivity contribution in [1.29, 1.82) is 0 Å². The van der Waals surface area contributed by atoms with E-state index in [4.69, 9.17) is 11.6 Å². The van der Waals surface area contributed by atoms with E-state index in [9.17, 15) is 4.79 Å². The Morgan fingerprint density at radius 1 is 1.21 bits per heavy atom. The summed E-state index contributed by atoms with van der Waals surface area (Å²) >= 11 is 7.65. The lowest BCUT2D eigenvalue weighted by atomic mass is 10.2. The molecule has 92 valence electrons. The second kappa shape index (κ2) is 3.79. The largest absolute Gasteiger partial charge is 0.268 e. The van der Waals surface area contributed by atoms with Crippen molar-refractivity contribution >= 4 is 49.6 Å². The van der Waals surface area contributed by atoms with Gasteiger partial charge in [-0.15, -0.1) is 11.3 Å². The molecule has 5 heteroatoms. The van der Waals surface area contributed by atoms with Gasteiger partial charge >= 0.3 is 0 Å². The molecule has 0 aliphatic carbocycles. The summed E-state index contributed by atoms with van der Waals surface area (Å²) in [4.78, 5) is 16.9. The van der Waals surface area contributed by atoms with Crippen LogP contribution in [-0.4, -0.2) is 9.38 Å². The minimum Gasteiger partial charge on any atom is -0.268 e. The Hall–Kier alpha value is -1.91. The van der Waals surface area contributed by atoms with Crippen molar-refractivity contribution < 1.29 is 0 Å². The summed E-state index contributed by atoms with van der Waals surface area (Å²) in [7, 11) is 0. The van der Waals surface area contributed by atoms with Crippen molar-refractivity contribution in [2.75, 3.05) is 0 Å². The maximum Gasteiger partial charge on any atom is 0.264 e. The van der Waals surface area contributed by atoms with Crippen molar-refractivity contribution in [3.63, 3.8) is 0 Å². The van der Waals surface area contributed by atoms with Gasteiger partial charge in [-0.05, 0) is 29.0 Å². The first-order valence-corrected chi connectivity index (χ1v) is 6.99. The number of halogens is 1. The van der Waals surface area contributed by atoms with Crippen molar-refractivity contribution in [3.05, 3.63) is 57.3 Å². The molecule has 0 aliphatic rings. The number of aromatic nitrogens is 2. The van der Waals surface area contributed by atoms with E-state index in [1.165, 1.54) is 11.3 Å². The molecule has 0 N–H and O–H groups in total. The average molecular weight is 287 g/mol. The molecule has 3 heterocycles. The molecule has 3 nitrogen and oxygen atoms in total. The summed E-state index contributed by atoms with van der Waals surface area (Å²) in [5.74, 6) is 0. The fraction of sp³-hybridized carbons (Fsp3) is 0. The molecule has 0 amide bonds. The summed E-state index contributed by atoms with van der Waals surface area (Å²) in [5, 5.41) is 3.93. The molecule has 0 fully saturated rings. The second-order valence-electron chi connectivity index (χ2n) is 4.27. The van der Waals surface area contributed by atoms with Crippen LogP contribution in [-0.2, 0) is 0 Å². The molecule has 19 heavy (non-hydrogen) atoms. The number of hydrogen-bond acceptors (Lipinski definition) is 3. The third kappa shape index (κ3) is 1.44. The Bertz CT molecular complexity index is 1000. The third-order valence-corrected chi connectivity index (χ3v) is 4.49. The summed E-state index contributed by atoms with van der Waals surface area (Å²) in [6.07, 6.45) is 0. The molecule has 0 radical (unpaired) electrons. The highest BCUT2D eigenvalue weighted by atomic mass is 35.5. The van der Waals surface area contributed by atoms with E-state index in [2.05, 4.69) is 4.98 Å². The molecule has 0 atom stereocenters. The van der Waals surface area contributed by atoms with Gasteiger partial charge in [-0.2, -0.15) is 0 Å². The zero-order valence-corrected chi connectivity index (χ0v) is 11.2.